The van der Waals surface area contributed by atoms with Crippen molar-refractivity contribution in [1.29, 1.82) is 0 Å². The Bertz CT molecular complexity index is 563. The Hall–Kier alpha value is -1.77. The van der Waals surface area contributed by atoms with Crippen LogP contribution in [0.5, 0.6) is 5.75 Å². The minimum Gasteiger partial charge on any atom is -0.502 e. The van der Waals surface area contributed by atoms with Gasteiger partial charge in [0.15, 0.2) is 12.4 Å². The Morgan fingerprint density at radius 2 is 1.59 bits per heavy atom. The van der Waals surface area contributed by atoms with Gasteiger partial charge in [-0.05, 0) is 31.0 Å². The van der Waals surface area contributed by atoms with Crippen molar-refractivity contribution >= 4 is 10.9 Å². The predicted molar refractivity (Wildman–Crippen MR) is 89.9 cm³/mol. The summed E-state index contributed by atoms with van der Waals surface area (Å²) in [4.78, 5) is 5.80. The first-order valence-corrected chi connectivity index (χ1v) is 8.58. The number of benzene rings is 1. The van der Waals surface area contributed by atoms with E-state index in [0.29, 0.717) is 6.61 Å². The SMILES string of the molecule is CCCCCCCCCCO[n+]1cccc2cccc(O)c21. The molecule has 1 heterocycles. The largest absolute Gasteiger partial charge is 0.502 e. The molecule has 1 aromatic carbocycles. The summed E-state index contributed by atoms with van der Waals surface area (Å²) in [5.74, 6) is 0.258. The number of hydrogen-bond acceptors (Lipinski definition) is 2. The normalized spacial score (nSPS) is 11.0. The average Bonchev–Trinajstić information content (AvgIpc) is 2.53. The van der Waals surface area contributed by atoms with E-state index in [0.717, 1.165) is 17.3 Å². The summed E-state index contributed by atoms with van der Waals surface area (Å²) in [6, 6.07) is 9.44. The van der Waals surface area contributed by atoms with Crippen LogP contribution in [0.3, 0.4) is 0 Å². The lowest BCUT2D eigenvalue weighted by Gasteiger charge is -2.03. The topological polar surface area (TPSA) is 33.3 Å². The summed E-state index contributed by atoms with van der Waals surface area (Å²) < 4.78 is 1.69. The minimum atomic E-state index is 0.258. The van der Waals surface area contributed by atoms with Crippen LogP contribution in [0.15, 0.2) is 36.5 Å². The lowest BCUT2D eigenvalue weighted by atomic mass is 10.1. The summed E-state index contributed by atoms with van der Waals surface area (Å²) in [6.07, 6.45) is 12.2. The van der Waals surface area contributed by atoms with Gasteiger partial charge >= 0.3 is 5.52 Å². The molecular formula is C19H28NO2+. The third kappa shape index (κ3) is 4.90. The number of nitrogens with zero attached hydrogens (tertiary/aromatic N) is 1. The molecule has 22 heavy (non-hydrogen) atoms. The van der Waals surface area contributed by atoms with Gasteiger partial charge in [-0.2, -0.15) is 0 Å². The zero-order chi connectivity index (χ0) is 15.6. The van der Waals surface area contributed by atoms with Gasteiger partial charge in [0.25, 0.3) is 0 Å². The number of fused-ring (bicyclic) bond motifs is 1. The average molecular weight is 302 g/mol. The van der Waals surface area contributed by atoms with Crippen LogP contribution in [0.25, 0.3) is 10.9 Å². The fourth-order valence-electron chi connectivity index (χ4n) is 2.73. The molecule has 0 radical (unpaired) electrons. The molecule has 0 fully saturated rings. The number of para-hydroxylation sites is 1. The Kier molecular flexibility index (Phi) is 7.01. The van der Waals surface area contributed by atoms with Crippen LogP contribution in [0, 0.1) is 0 Å². The smallest absolute Gasteiger partial charge is 0.305 e. The van der Waals surface area contributed by atoms with Gasteiger partial charge < -0.3 is 5.11 Å². The molecule has 0 spiro atoms. The fourth-order valence-corrected chi connectivity index (χ4v) is 2.73. The highest BCUT2D eigenvalue weighted by atomic mass is 16.7. The fraction of sp³-hybridized carbons (Fsp3) is 0.526. The Balaban J connectivity index is 1.72. The second-order valence-electron chi connectivity index (χ2n) is 5.86. The third-order valence-corrected chi connectivity index (χ3v) is 3.99. The molecule has 0 aliphatic heterocycles. The highest BCUT2D eigenvalue weighted by molar-refractivity contribution is 5.80. The number of unbranched alkanes of at least 4 members (excludes halogenated alkanes) is 7. The molecule has 1 N–H and O–H groups in total. The van der Waals surface area contributed by atoms with Gasteiger partial charge in [-0.1, -0.05) is 51.5 Å². The second-order valence-corrected chi connectivity index (χ2v) is 5.86. The van der Waals surface area contributed by atoms with Crippen molar-refractivity contribution < 1.29 is 14.7 Å². The van der Waals surface area contributed by atoms with Crippen LogP contribution in [0.2, 0.25) is 0 Å². The van der Waals surface area contributed by atoms with Crippen molar-refractivity contribution in [1.82, 2.24) is 0 Å². The highest BCUT2D eigenvalue weighted by Crippen LogP contribution is 2.19. The van der Waals surface area contributed by atoms with Gasteiger partial charge in [0.2, 0.25) is 6.20 Å². The number of phenols is 1. The van der Waals surface area contributed by atoms with Crippen molar-refractivity contribution in [2.45, 2.75) is 58.3 Å². The second kappa shape index (κ2) is 9.29. The Morgan fingerprint density at radius 1 is 0.909 bits per heavy atom. The van der Waals surface area contributed by atoms with Gasteiger partial charge in [0.05, 0.1) is 5.39 Å². The number of rotatable bonds is 10. The van der Waals surface area contributed by atoms with Crippen molar-refractivity contribution in [2.75, 3.05) is 6.61 Å². The van der Waals surface area contributed by atoms with Gasteiger partial charge in [-0.15, -0.1) is 0 Å². The number of aromatic nitrogens is 1. The molecule has 0 saturated heterocycles. The lowest BCUT2D eigenvalue weighted by molar-refractivity contribution is -0.871. The van der Waals surface area contributed by atoms with Gasteiger partial charge in [-0.25, -0.2) is 0 Å². The molecule has 2 rings (SSSR count). The standard InChI is InChI=1S/C19H27NO2/c1-2-3-4-5-6-7-8-9-16-22-20-15-11-13-17-12-10-14-18(21)19(17)20/h10-15H,2-9,16H2,1H3/p+1. The monoisotopic (exact) mass is 302 g/mol. The number of phenolic OH excluding ortho intramolecular Hbond substituents is 1. The molecule has 2 aromatic rings. The lowest BCUT2D eigenvalue weighted by Crippen LogP contribution is -2.43. The van der Waals surface area contributed by atoms with Gasteiger partial charge in [0, 0.05) is 10.8 Å². The van der Waals surface area contributed by atoms with Crippen LogP contribution in [0.4, 0.5) is 0 Å². The number of hydrogen-bond donors (Lipinski definition) is 1. The molecular weight excluding hydrogens is 274 g/mol. The number of aromatic hydroxyl groups is 1. The van der Waals surface area contributed by atoms with Crippen LogP contribution >= 0.6 is 0 Å². The van der Waals surface area contributed by atoms with Crippen molar-refractivity contribution in [3.63, 3.8) is 0 Å². The van der Waals surface area contributed by atoms with Crippen molar-refractivity contribution in [3.8, 4) is 5.75 Å². The maximum atomic E-state index is 9.99. The molecule has 0 bridgehead atoms. The van der Waals surface area contributed by atoms with E-state index in [1.165, 1.54) is 44.9 Å². The third-order valence-electron chi connectivity index (χ3n) is 3.99. The molecule has 0 atom stereocenters. The summed E-state index contributed by atoms with van der Waals surface area (Å²) >= 11 is 0. The summed E-state index contributed by atoms with van der Waals surface area (Å²) in [5.41, 5.74) is 0.740. The molecule has 0 aliphatic carbocycles. The van der Waals surface area contributed by atoms with E-state index in [1.807, 2.05) is 30.5 Å². The van der Waals surface area contributed by atoms with Gasteiger partial charge in [0.1, 0.15) is 0 Å². The van der Waals surface area contributed by atoms with Crippen LogP contribution in [-0.2, 0) is 0 Å². The molecule has 3 heteroatoms. The predicted octanol–water partition coefficient (Wildman–Crippen LogP) is 4.40. The van der Waals surface area contributed by atoms with Crippen LogP contribution in [0.1, 0.15) is 58.3 Å². The van der Waals surface area contributed by atoms with Crippen molar-refractivity contribution in [3.05, 3.63) is 36.5 Å². The molecule has 3 nitrogen and oxygen atoms in total. The van der Waals surface area contributed by atoms with Crippen LogP contribution in [-0.4, -0.2) is 11.7 Å². The maximum Gasteiger partial charge on any atom is 0.305 e. The van der Waals surface area contributed by atoms with Gasteiger partial charge in [-0.3, -0.25) is 4.84 Å². The van der Waals surface area contributed by atoms with E-state index in [9.17, 15) is 5.11 Å². The first-order chi connectivity index (χ1) is 10.8. The van der Waals surface area contributed by atoms with Crippen LogP contribution < -0.4 is 9.57 Å². The molecule has 0 aliphatic rings. The zero-order valence-electron chi connectivity index (χ0n) is 13.6. The molecule has 0 saturated carbocycles. The van der Waals surface area contributed by atoms with E-state index in [2.05, 4.69) is 6.92 Å². The summed E-state index contributed by atoms with van der Waals surface area (Å²) in [7, 11) is 0. The highest BCUT2D eigenvalue weighted by Gasteiger charge is 2.14. The van der Waals surface area contributed by atoms with E-state index in [1.54, 1.807) is 10.8 Å². The van der Waals surface area contributed by atoms with Crippen molar-refractivity contribution in [2.24, 2.45) is 0 Å². The first-order valence-electron chi connectivity index (χ1n) is 8.58. The zero-order valence-corrected chi connectivity index (χ0v) is 13.6. The summed E-state index contributed by atoms with van der Waals surface area (Å²) in [6.45, 7) is 2.94. The molecule has 120 valence electrons. The Morgan fingerprint density at radius 3 is 2.36 bits per heavy atom. The Labute approximate surface area is 133 Å². The van der Waals surface area contributed by atoms with E-state index in [-0.39, 0.29) is 5.75 Å². The maximum absolute atomic E-state index is 9.99. The summed E-state index contributed by atoms with van der Waals surface area (Å²) in [5, 5.41) is 11.0. The minimum absolute atomic E-state index is 0.258. The molecule has 0 unspecified atom stereocenters. The van der Waals surface area contributed by atoms with E-state index >= 15 is 0 Å². The quantitative estimate of drug-likeness (QED) is 0.521. The number of pyridine rings is 1. The van der Waals surface area contributed by atoms with E-state index in [4.69, 9.17) is 4.84 Å². The molecule has 0 amide bonds. The first kappa shape index (κ1) is 16.6. The molecule has 1 aromatic heterocycles. The van der Waals surface area contributed by atoms with E-state index < -0.39 is 0 Å².